The molecule has 5 heterocycles. The monoisotopic (exact) mass is 392 g/mol. The number of pyridine rings is 1. The van der Waals surface area contributed by atoms with Crippen molar-refractivity contribution in [2.24, 2.45) is 11.8 Å². The number of aromatic nitrogens is 3. The molecule has 0 bridgehead atoms. The quantitative estimate of drug-likeness (QED) is 0.534. The SMILES string of the molecule is CN1CC2CN(c3ncc4c(=O)c(N)c5sc6ccccc6n5c4n3)CC2C1. The third-order valence-corrected chi connectivity index (χ3v) is 7.32. The lowest BCUT2D eigenvalue weighted by Gasteiger charge is -2.19. The van der Waals surface area contributed by atoms with Crippen molar-refractivity contribution in [3.63, 3.8) is 0 Å². The summed E-state index contributed by atoms with van der Waals surface area (Å²) in [6.07, 6.45) is 1.65. The van der Waals surface area contributed by atoms with Crippen molar-refractivity contribution >= 4 is 49.1 Å². The Kier molecular flexibility index (Phi) is 3.28. The molecule has 0 aliphatic carbocycles. The van der Waals surface area contributed by atoms with Crippen LogP contribution in [0.15, 0.2) is 35.3 Å². The molecule has 2 N–H and O–H groups in total. The first-order valence-corrected chi connectivity index (χ1v) is 10.3. The number of para-hydroxylation sites is 1. The van der Waals surface area contributed by atoms with Gasteiger partial charge in [-0.3, -0.25) is 9.20 Å². The molecule has 0 saturated carbocycles. The number of hydrogen-bond donors (Lipinski definition) is 1. The molecule has 0 radical (unpaired) electrons. The van der Waals surface area contributed by atoms with Crippen LogP contribution in [0.25, 0.3) is 26.1 Å². The molecule has 2 aliphatic rings. The molecular weight excluding hydrogens is 372 g/mol. The minimum absolute atomic E-state index is 0.187. The lowest BCUT2D eigenvalue weighted by atomic mass is 10.0. The van der Waals surface area contributed by atoms with Crippen LogP contribution in [0.3, 0.4) is 0 Å². The van der Waals surface area contributed by atoms with E-state index in [1.54, 1.807) is 6.20 Å². The lowest BCUT2D eigenvalue weighted by molar-refractivity contribution is 0.386. The second-order valence-electron chi connectivity index (χ2n) is 8.01. The van der Waals surface area contributed by atoms with E-state index in [2.05, 4.69) is 21.8 Å². The fourth-order valence-electron chi connectivity index (χ4n) is 4.85. The van der Waals surface area contributed by atoms with Crippen molar-refractivity contribution in [3.05, 3.63) is 40.7 Å². The smallest absolute Gasteiger partial charge is 0.227 e. The van der Waals surface area contributed by atoms with Crippen LogP contribution >= 0.6 is 11.3 Å². The first kappa shape index (κ1) is 16.3. The van der Waals surface area contributed by atoms with Crippen LogP contribution in [-0.4, -0.2) is 52.5 Å². The summed E-state index contributed by atoms with van der Waals surface area (Å²) in [6.45, 7) is 4.20. The van der Waals surface area contributed by atoms with Crippen molar-refractivity contribution in [2.75, 3.05) is 43.9 Å². The molecule has 4 aromatic rings. The van der Waals surface area contributed by atoms with Gasteiger partial charge < -0.3 is 15.5 Å². The van der Waals surface area contributed by atoms with Gasteiger partial charge in [0.25, 0.3) is 0 Å². The van der Waals surface area contributed by atoms with Gasteiger partial charge in [0.1, 0.15) is 10.5 Å². The van der Waals surface area contributed by atoms with Gasteiger partial charge in [-0.1, -0.05) is 12.1 Å². The highest BCUT2D eigenvalue weighted by Crippen LogP contribution is 2.34. The predicted molar refractivity (Wildman–Crippen MR) is 113 cm³/mol. The first-order valence-electron chi connectivity index (χ1n) is 9.52. The third-order valence-electron chi connectivity index (χ3n) is 6.15. The average Bonchev–Trinajstić information content (AvgIpc) is 3.36. The normalized spacial score (nSPS) is 22.7. The van der Waals surface area contributed by atoms with Gasteiger partial charge in [0, 0.05) is 32.4 Å². The third kappa shape index (κ3) is 2.15. The Hall–Kier alpha value is -2.71. The molecule has 142 valence electrons. The van der Waals surface area contributed by atoms with E-state index in [1.807, 2.05) is 28.7 Å². The molecule has 6 rings (SSSR count). The summed E-state index contributed by atoms with van der Waals surface area (Å²) < 4.78 is 3.10. The van der Waals surface area contributed by atoms with E-state index in [9.17, 15) is 4.79 Å². The highest BCUT2D eigenvalue weighted by molar-refractivity contribution is 7.24. The molecule has 2 unspecified atom stereocenters. The van der Waals surface area contributed by atoms with Crippen LogP contribution < -0.4 is 16.1 Å². The van der Waals surface area contributed by atoms with E-state index >= 15 is 0 Å². The number of nitrogens with two attached hydrogens (primary N) is 1. The molecule has 2 atom stereocenters. The highest BCUT2D eigenvalue weighted by Gasteiger charge is 2.39. The number of benzene rings is 1. The molecule has 8 heteroatoms. The zero-order chi connectivity index (χ0) is 19.0. The molecule has 7 nitrogen and oxygen atoms in total. The second kappa shape index (κ2) is 5.65. The number of nitrogen functional groups attached to an aromatic ring is 1. The van der Waals surface area contributed by atoms with Gasteiger partial charge in [0.05, 0.1) is 15.6 Å². The van der Waals surface area contributed by atoms with E-state index in [4.69, 9.17) is 10.7 Å². The van der Waals surface area contributed by atoms with Crippen LogP contribution in [0, 0.1) is 11.8 Å². The zero-order valence-corrected chi connectivity index (χ0v) is 16.3. The van der Waals surface area contributed by atoms with Crippen molar-refractivity contribution in [1.82, 2.24) is 19.3 Å². The summed E-state index contributed by atoms with van der Waals surface area (Å²) in [7, 11) is 2.18. The van der Waals surface area contributed by atoms with Crippen LogP contribution in [0.1, 0.15) is 0 Å². The standard InChI is InChI=1S/C20H20N6OS/c1-24-7-11-9-25(10-12(11)8-24)20-22-6-13-17(27)16(21)19-26(18(13)23-20)14-4-2-3-5-15(14)28-19/h2-6,11-12H,7-10,21H2,1H3. The Morgan fingerprint density at radius 3 is 2.68 bits per heavy atom. The van der Waals surface area contributed by atoms with Crippen LogP contribution in [0.2, 0.25) is 0 Å². The zero-order valence-electron chi connectivity index (χ0n) is 15.5. The van der Waals surface area contributed by atoms with Gasteiger partial charge in [0.2, 0.25) is 11.4 Å². The Morgan fingerprint density at radius 1 is 1.14 bits per heavy atom. The summed E-state index contributed by atoms with van der Waals surface area (Å²) >= 11 is 1.53. The highest BCUT2D eigenvalue weighted by atomic mass is 32.1. The number of hydrogen-bond acceptors (Lipinski definition) is 7. The van der Waals surface area contributed by atoms with E-state index in [0.717, 1.165) is 41.2 Å². The van der Waals surface area contributed by atoms with Crippen molar-refractivity contribution in [1.29, 1.82) is 0 Å². The van der Waals surface area contributed by atoms with Gasteiger partial charge in [-0.05, 0) is 31.0 Å². The van der Waals surface area contributed by atoms with E-state index in [-0.39, 0.29) is 11.1 Å². The summed E-state index contributed by atoms with van der Waals surface area (Å²) in [6, 6.07) is 8.08. The van der Waals surface area contributed by atoms with Gasteiger partial charge in [-0.25, -0.2) is 4.98 Å². The molecule has 2 aliphatic heterocycles. The van der Waals surface area contributed by atoms with Crippen LogP contribution in [-0.2, 0) is 0 Å². The van der Waals surface area contributed by atoms with Gasteiger partial charge >= 0.3 is 0 Å². The van der Waals surface area contributed by atoms with Gasteiger partial charge in [-0.15, -0.1) is 11.3 Å². The van der Waals surface area contributed by atoms with Gasteiger partial charge in [-0.2, -0.15) is 4.98 Å². The molecule has 28 heavy (non-hydrogen) atoms. The summed E-state index contributed by atoms with van der Waals surface area (Å²) in [5, 5.41) is 0.474. The maximum absolute atomic E-state index is 12.8. The molecule has 2 saturated heterocycles. The summed E-state index contributed by atoms with van der Waals surface area (Å²) in [4.78, 5) is 27.7. The number of thiazole rings is 1. The summed E-state index contributed by atoms with van der Waals surface area (Å²) in [5.41, 5.74) is 7.93. The van der Waals surface area contributed by atoms with Crippen LogP contribution in [0.5, 0.6) is 0 Å². The minimum Gasteiger partial charge on any atom is -0.393 e. The Morgan fingerprint density at radius 2 is 1.89 bits per heavy atom. The number of likely N-dealkylation sites (tertiary alicyclic amines) is 1. The number of anilines is 2. The Labute approximate surface area is 165 Å². The van der Waals surface area contributed by atoms with E-state index in [0.29, 0.717) is 28.8 Å². The van der Waals surface area contributed by atoms with E-state index in [1.165, 1.54) is 11.3 Å². The van der Waals surface area contributed by atoms with E-state index < -0.39 is 0 Å². The van der Waals surface area contributed by atoms with Crippen molar-refractivity contribution in [2.45, 2.75) is 0 Å². The fraction of sp³-hybridized carbons (Fsp3) is 0.350. The summed E-state index contributed by atoms with van der Waals surface area (Å²) in [5.74, 6) is 2.04. The molecule has 0 amide bonds. The van der Waals surface area contributed by atoms with Crippen LogP contribution in [0.4, 0.5) is 11.6 Å². The minimum atomic E-state index is -0.187. The maximum atomic E-state index is 12.8. The Bertz CT molecular complexity index is 1300. The predicted octanol–water partition coefficient (Wildman–Crippen LogP) is 2.04. The van der Waals surface area contributed by atoms with Crippen molar-refractivity contribution < 1.29 is 0 Å². The second-order valence-corrected chi connectivity index (χ2v) is 9.04. The largest absolute Gasteiger partial charge is 0.393 e. The molecule has 2 fully saturated rings. The molecular formula is C20H20N6OS. The topological polar surface area (TPSA) is 79.8 Å². The average molecular weight is 392 g/mol. The molecule has 3 aromatic heterocycles. The van der Waals surface area contributed by atoms with Gasteiger partial charge in [0.15, 0.2) is 5.65 Å². The Balaban J connectivity index is 1.57. The first-order chi connectivity index (χ1) is 13.6. The number of rotatable bonds is 1. The molecule has 1 aromatic carbocycles. The van der Waals surface area contributed by atoms with Crippen molar-refractivity contribution in [3.8, 4) is 0 Å². The number of nitrogens with zero attached hydrogens (tertiary/aromatic N) is 5. The number of fused-ring (bicyclic) bond motifs is 6. The lowest BCUT2D eigenvalue weighted by Crippen LogP contribution is -2.28. The fourth-order valence-corrected chi connectivity index (χ4v) is 5.95. The maximum Gasteiger partial charge on any atom is 0.227 e. The molecule has 0 spiro atoms.